The lowest BCUT2D eigenvalue weighted by atomic mass is 10.2. The fourth-order valence-corrected chi connectivity index (χ4v) is 3.52. The first kappa shape index (κ1) is 18.2. The van der Waals surface area contributed by atoms with Gasteiger partial charge in [-0.05, 0) is 47.3 Å². The summed E-state index contributed by atoms with van der Waals surface area (Å²) in [4.78, 5) is 0.0513. The van der Waals surface area contributed by atoms with Gasteiger partial charge < -0.3 is 15.6 Å². The summed E-state index contributed by atoms with van der Waals surface area (Å²) >= 11 is 3.25. The Morgan fingerprint density at radius 1 is 1.33 bits per heavy atom. The number of aliphatic hydroxyl groups is 1. The predicted octanol–water partition coefficient (Wildman–Crippen LogP) is 1.82. The van der Waals surface area contributed by atoms with Gasteiger partial charge in [-0.2, -0.15) is 0 Å². The van der Waals surface area contributed by atoms with Crippen molar-refractivity contribution in [3.05, 3.63) is 16.6 Å². The van der Waals surface area contributed by atoms with Crippen LogP contribution in [0.2, 0.25) is 0 Å². The van der Waals surface area contributed by atoms with Gasteiger partial charge in [0, 0.05) is 30.4 Å². The highest BCUT2D eigenvalue weighted by Crippen LogP contribution is 2.33. The Hall–Kier alpha value is -0.830. The largest absolute Gasteiger partial charge is 0.495 e. The van der Waals surface area contributed by atoms with Crippen molar-refractivity contribution >= 4 is 31.6 Å². The zero-order valence-electron chi connectivity index (χ0n) is 12.2. The number of ether oxygens (including phenoxy) is 1. The number of nitrogens with two attached hydrogens (primary N) is 1. The molecule has 21 heavy (non-hydrogen) atoms. The van der Waals surface area contributed by atoms with Crippen LogP contribution < -0.4 is 10.5 Å². The van der Waals surface area contributed by atoms with Crippen molar-refractivity contribution in [3.8, 4) is 5.75 Å². The third kappa shape index (κ3) is 4.57. The summed E-state index contributed by atoms with van der Waals surface area (Å²) in [6.07, 6.45) is 2.13. The van der Waals surface area contributed by atoms with Crippen molar-refractivity contribution in [2.75, 3.05) is 33.0 Å². The maximum atomic E-state index is 12.6. The van der Waals surface area contributed by atoms with Crippen LogP contribution in [-0.2, 0) is 10.0 Å². The maximum absolute atomic E-state index is 12.6. The van der Waals surface area contributed by atoms with Gasteiger partial charge in [0.05, 0.1) is 7.11 Å². The molecule has 0 heterocycles. The molecular weight excluding hydrogens is 360 g/mol. The second-order valence-electron chi connectivity index (χ2n) is 4.64. The van der Waals surface area contributed by atoms with Crippen LogP contribution >= 0.6 is 15.9 Å². The molecule has 8 heteroatoms. The molecule has 0 fully saturated rings. The highest BCUT2D eigenvalue weighted by atomic mass is 79.9. The molecule has 1 aromatic rings. The van der Waals surface area contributed by atoms with Crippen molar-refractivity contribution in [2.24, 2.45) is 0 Å². The summed E-state index contributed by atoms with van der Waals surface area (Å²) in [5, 5.41) is 8.73. The minimum atomic E-state index is -3.66. The topological polar surface area (TPSA) is 92.9 Å². The molecule has 0 saturated carbocycles. The number of sulfonamides is 1. The zero-order chi connectivity index (χ0) is 16.0. The van der Waals surface area contributed by atoms with Crippen molar-refractivity contribution in [1.82, 2.24) is 4.31 Å². The van der Waals surface area contributed by atoms with E-state index in [1.807, 2.05) is 0 Å². The van der Waals surface area contributed by atoms with E-state index >= 15 is 0 Å². The average molecular weight is 381 g/mol. The van der Waals surface area contributed by atoms with Crippen LogP contribution in [0.25, 0.3) is 0 Å². The molecule has 0 aliphatic heterocycles. The first-order valence-electron chi connectivity index (χ1n) is 6.54. The van der Waals surface area contributed by atoms with Gasteiger partial charge in [0.15, 0.2) is 0 Å². The van der Waals surface area contributed by atoms with E-state index in [0.717, 1.165) is 6.42 Å². The molecule has 0 aromatic heterocycles. The molecule has 0 bridgehead atoms. The first-order valence-corrected chi connectivity index (χ1v) is 8.78. The number of hydrogen-bond donors (Lipinski definition) is 2. The SMILES string of the molecule is COc1cc(Br)c(N)cc1S(=O)(=O)N(C)CCCCCO. The molecule has 0 spiro atoms. The van der Waals surface area contributed by atoms with Gasteiger partial charge in [-0.3, -0.25) is 0 Å². The summed E-state index contributed by atoms with van der Waals surface area (Å²) in [7, 11) is -0.728. The number of methoxy groups -OCH3 is 1. The summed E-state index contributed by atoms with van der Waals surface area (Å²) in [6, 6.07) is 2.93. The second kappa shape index (κ2) is 7.98. The van der Waals surface area contributed by atoms with Crippen molar-refractivity contribution in [2.45, 2.75) is 24.2 Å². The number of halogens is 1. The molecule has 3 N–H and O–H groups in total. The number of anilines is 1. The monoisotopic (exact) mass is 380 g/mol. The van der Waals surface area contributed by atoms with Crippen LogP contribution in [0.15, 0.2) is 21.5 Å². The van der Waals surface area contributed by atoms with Gasteiger partial charge in [-0.1, -0.05) is 0 Å². The van der Waals surface area contributed by atoms with Crippen LogP contribution in [0, 0.1) is 0 Å². The van der Waals surface area contributed by atoms with E-state index in [4.69, 9.17) is 15.6 Å². The number of benzene rings is 1. The fourth-order valence-electron chi connectivity index (χ4n) is 1.82. The van der Waals surface area contributed by atoms with Crippen molar-refractivity contribution < 1.29 is 18.3 Å². The van der Waals surface area contributed by atoms with E-state index in [1.165, 1.54) is 24.5 Å². The Balaban J connectivity index is 2.99. The minimum absolute atomic E-state index is 0.0513. The Kier molecular flexibility index (Phi) is 6.92. The predicted molar refractivity (Wildman–Crippen MR) is 85.9 cm³/mol. The molecule has 0 aliphatic rings. The number of nitrogen functional groups attached to an aromatic ring is 1. The molecule has 0 aliphatic carbocycles. The first-order chi connectivity index (χ1) is 9.84. The van der Waals surface area contributed by atoms with Gasteiger partial charge in [-0.25, -0.2) is 12.7 Å². The zero-order valence-corrected chi connectivity index (χ0v) is 14.6. The average Bonchev–Trinajstić information content (AvgIpc) is 2.45. The lowest BCUT2D eigenvalue weighted by molar-refractivity contribution is 0.281. The summed E-state index contributed by atoms with van der Waals surface area (Å²) < 4.78 is 32.1. The minimum Gasteiger partial charge on any atom is -0.495 e. The summed E-state index contributed by atoms with van der Waals surface area (Å²) in [5.41, 5.74) is 6.10. The molecule has 0 saturated heterocycles. The van der Waals surface area contributed by atoms with Crippen LogP contribution in [0.3, 0.4) is 0 Å². The number of unbranched alkanes of at least 4 members (excludes halogenated alkanes) is 2. The Labute approximate surface area is 134 Å². The lowest BCUT2D eigenvalue weighted by Crippen LogP contribution is -2.28. The van der Waals surface area contributed by atoms with E-state index in [0.29, 0.717) is 29.5 Å². The lowest BCUT2D eigenvalue weighted by Gasteiger charge is -2.19. The molecule has 0 unspecified atom stereocenters. The summed E-state index contributed by atoms with van der Waals surface area (Å²) in [6.45, 7) is 0.495. The maximum Gasteiger partial charge on any atom is 0.246 e. The Bertz CT molecular complexity index is 578. The Morgan fingerprint density at radius 2 is 2.00 bits per heavy atom. The van der Waals surface area contributed by atoms with E-state index in [1.54, 1.807) is 6.07 Å². The molecule has 0 atom stereocenters. The number of hydrogen-bond acceptors (Lipinski definition) is 5. The third-order valence-corrected chi connectivity index (χ3v) is 5.67. The smallest absolute Gasteiger partial charge is 0.246 e. The van der Waals surface area contributed by atoms with E-state index in [-0.39, 0.29) is 17.3 Å². The van der Waals surface area contributed by atoms with Gasteiger partial charge in [0.1, 0.15) is 10.6 Å². The second-order valence-corrected chi connectivity index (χ2v) is 7.50. The van der Waals surface area contributed by atoms with Crippen LogP contribution in [0.4, 0.5) is 5.69 Å². The molecule has 1 rings (SSSR count). The highest BCUT2D eigenvalue weighted by molar-refractivity contribution is 9.10. The van der Waals surface area contributed by atoms with E-state index in [2.05, 4.69) is 15.9 Å². The molecule has 0 amide bonds. The van der Waals surface area contributed by atoms with Crippen molar-refractivity contribution in [3.63, 3.8) is 0 Å². The number of rotatable bonds is 8. The molecule has 0 radical (unpaired) electrons. The van der Waals surface area contributed by atoms with Crippen molar-refractivity contribution in [1.29, 1.82) is 0 Å². The van der Waals surface area contributed by atoms with Gasteiger partial charge in [-0.15, -0.1) is 0 Å². The van der Waals surface area contributed by atoms with Crippen LogP contribution in [0.5, 0.6) is 5.75 Å². The highest BCUT2D eigenvalue weighted by Gasteiger charge is 2.25. The molecule has 1 aromatic carbocycles. The Morgan fingerprint density at radius 3 is 2.57 bits per heavy atom. The molecular formula is C13H21BrN2O4S. The van der Waals surface area contributed by atoms with Gasteiger partial charge in [0.2, 0.25) is 10.0 Å². The fraction of sp³-hybridized carbons (Fsp3) is 0.538. The number of aliphatic hydroxyl groups excluding tert-OH is 1. The third-order valence-electron chi connectivity index (χ3n) is 3.10. The molecule has 6 nitrogen and oxygen atoms in total. The van der Waals surface area contributed by atoms with Gasteiger partial charge >= 0.3 is 0 Å². The number of nitrogens with zero attached hydrogens (tertiary/aromatic N) is 1. The molecule has 120 valence electrons. The van der Waals surface area contributed by atoms with E-state index in [9.17, 15) is 8.42 Å². The standard InChI is InChI=1S/C13H21BrN2O4S/c1-16(6-4-3-5-7-17)21(18,19)13-9-11(15)10(14)8-12(13)20-2/h8-9,17H,3-7,15H2,1-2H3. The van der Waals surface area contributed by atoms with Gasteiger partial charge in [0.25, 0.3) is 0 Å². The van der Waals surface area contributed by atoms with E-state index < -0.39 is 10.0 Å². The normalized spacial score (nSPS) is 11.9. The van der Waals surface area contributed by atoms with Crippen LogP contribution in [-0.4, -0.2) is 45.1 Å². The summed E-state index contributed by atoms with van der Waals surface area (Å²) in [5.74, 6) is 0.248. The van der Waals surface area contributed by atoms with Crippen LogP contribution in [0.1, 0.15) is 19.3 Å². The quantitative estimate of drug-likeness (QED) is 0.529.